The van der Waals surface area contributed by atoms with Gasteiger partial charge < -0.3 is 9.74 Å². The van der Waals surface area contributed by atoms with Crippen LogP contribution >= 0.6 is 0 Å². The normalized spacial score (nSPS) is 18.0. The van der Waals surface area contributed by atoms with Gasteiger partial charge in [0.2, 0.25) is 0 Å². The number of aromatic nitrogens is 2. The summed E-state index contributed by atoms with van der Waals surface area (Å²) < 4.78 is 15.3. The molecule has 0 radical (unpaired) electrons. The van der Waals surface area contributed by atoms with Gasteiger partial charge in [-0.05, 0) is 42.9 Å². The summed E-state index contributed by atoms with van der Waals surface area (Å²) in [5, 5.41) is 4.56. The van der Waals surface area contributed by atoms with Gasteiger partial charge in [-0.25, -0.2) is 9.37 Å². The summed E-state index contributed by atoms with van der Waals surface area (Å²) in [6, 6.07) is 10.0. The SMILES string of the molecule is CO/N=C1\c2cc(F)ccc2-n2c1nc1cc(CN3CCN(C)CC3)ccc1c2=O. The Hall–Kier alpha value is -3.10. The molecule has 2 aliphatic rings. The molecule has 0 atom stereocenters. The molecular formula is C22H22FN5O2. The van der Waals surface area contributed by atoms with Gasteiger partial charge in [0.05, 0.1) is 16.6 Å². The maximum atomic E-state index is 13.9. The molecule has 1 fully saturated rings. The molecule has 2 aliphatic heterocycles. The van der Waals surface area contributed by atoms with Crippen LogP contribution in [0.5, 0.6) is 0 Å². The first-order valence-electron chi connectivity index (χ1n) is 9.93. The van der Waals surface area contributed by atoms with Crippen molar-refractivity contribution in [3.05, 3.63) is 69.5 Å². The number of benzene rings is 2. The van der Waals surface area contributed by atoms with Gasteiger partial charge in [-0.2, -0.15) is 0 Å². The number of hydrogen-bond acceptors (Lipinski definition) is 6. The molecule has 7 nitrogen and oxygen atoms in total. The van der Waals surface area contributed by atoms with E-state index in [0.29, 0.717) is 33.7 Å². The fraction of sp³-hybridized carbons (Fsp3) is 0.318. The highest BCUT2D eigenvalue weighted by molar-refractivity contribution is 6.16. The second-order valence-electron chi connectivity index (χ2n) is 7.79. The Kier molecular flexibility index (Phi) is 4.60. The molecule has 8 heteroatoms. The van der Waals surface area contributed by atoms with Crippen LogP contribution in [0.3, 0.4) is 0 Å². The lowest BCUT2D eigenvalue weighted by atomic mass is 10.1. The van der Waals surface area contributed by atoms with Crippen molar-refractivity contribution in [1.29, 1.82) is 0 Å². The zero-order valence-corrected chi connectivity index (χ0v) is 16.9. The van der Waals surface area contributed by atoms with E-state index in [2.05, 4.69) is 22.0 Å². The van der Waals surface area contributed by atoms with Crippen LogP contribution in [0.1, 0.15) is 17.0 Å². The Morgan fingerprint density at radius 2 is 1.93 bits per heavy atom. The highest BCUT2D eigenvalue weighted by Gasteiger charge is 2.30. The minimum Gasteiger partial charge on any atom is -0.399 e. The predicted octanol–water partition coefficient (Wildman–Crippen LogP) is 1.98. The zero-order chi connectivity index (χ0) is 20.8. The second kappa shape index (κ2) is 7.30. The highest BCUT2D eigenvalue weighted by Crippen LogP contribution is 2.28. The lowest BCUT2D eigenvalue weighted by Crippen LogP contribution is -2.43. The monoisotopic (exact) mass is 407 g/mol. The van der Waals surface area contributed by atoms with E-state index in [0.717, 1.165) is 38.3 Å². The van der Waals surface area contributed by atoms with Gasteiger partial charge in [-0.1, -0.05) is 11.2 Å². The van der Waals surface area contributed by atoms with Gasteiger partial charge in [-0.15, -0.1) is 0 Å². The van der Waals surface area contributed by atoms with Gasteiger partial charge in [0.1, 0.15) is 12.9 Å². The summed E-state index contributed by atoms with van der Waals surface area (Å²) in [5.41, 5.74) is 2.92. The minimum atomic E-state index is -0.405. The van der Waals surface area contributed by atoms with Crippen molar-refractivity contribution in [1.82, 2.24) is 19.4 Å². The van der Waals surface area contributed by atoms with Crippen LogP contribution in [0.25, 0.3) is 16.6 Å². The molecule has 0 saturated carbocycles. The molecule has 3 aromatic rings. The summed E-state index contributed by atoms with van der Waals surface area (Å²) in [6.45, 7) is 4.94. The van der Waals surface area contributed by atoms with Gasteiger partial charge in [0.25, 0.3) is 5.56 Å². The van der Waals surface area contributed by atoms with Crippen LogP contribution in [0.2, 0.25) is 0 Å². The number of rotatable bonds is 3. The van der Waals surface area contributed by atoms with Gasteiger partial charge in [0, 0.05) is 38.3 Å². The van der Waals surface area contributed by atoms with Crippen LogP contribution in [0.4, 0.5) is 4.39 Å². The number of piperazine rings is 1. The van der Waals surface area contributed by atoms with Crippen LogP contribution in [0, 0.1) is 5.82 Å². The fourth-order valence-electron chi connectivity index (χ4n) is 4.17. The molecule has 0 aliphatic carbocycles. The van der Waals surface area contributed by atoms with E-state index in [-0.39, 0.29) is 5.56 Å². The molecule has 30 heavy (non-hydrogen) atoms. The number of oxime groups is 1. The summed E-state index contributed by atoms with van der Waals surface area (Å²) in [5.74, 6) is -0.0378. The third kappa shape index (κ3) is 3.09. The van der Waals surface area contributed by atoms with Gasteiger partial charge in [-0.3, -0.25) is 14.3 Å². The molecule has 0 N–H and O–H groups in total. The minimum absolute atomic E-state index is 0.199. The van der Waals surface area contributed by atoms with E-state index >= 15 is 0 Å². The molecule has 3 heterocycles. The lowest BCUT2D eigenvalue weighted by molar-refractivity contribution is 0.148. The molecule has 0 amide bonds. The predicted molar refractivity (Wildman–Crippen MR) is 113 cm³/mol. The summed E-state index contributed by atoms with van der Waals surface area (Å²) in [7, 11) is 3.55. The summed E-state index contributed by atoms with van der Waals surface area (Å²) >= 11 is 0. The van der Waals surface area contributed by atoms with E-state index in [1.165, 1.54) is 23.8 Å². The number of halogens is 1. The molecule has 154 valence electrons. The highest BCUT2D eigenvalue weighted by atomic mass is 19.1. The summed E-state index contributed by atoms with van der Waals surface area (Å²) in [6.07, 6.45) is 0. The number of hydrogen-bond donors (Lipinski definition) is 0. The zero-order valence-electron chi connectivity index (χ0n) is 16.9. The Balaban J connectivity index is 1.60. The van der Waals surface area contributed by atoms with Crippen molar-refractivity contribution in [3.63, 3.8) is 0 Å². The molecule has 0 bridgehead atoms. The molecule has 0 spiro atoms. The Labute approximate surface area is 173 Å². The van der Waals surface area contributed by atoms with Crippen molar-refractivity contribution < 1.29 is 9.23 Å². The first-order chi connectivity index (χ1) is 14.5. The van der Waals surface area contributed by atoms with Crippen molar-refractivity contribution in [2.45, 2.75) is 6.54 Å². The van der Waals surface area contributed by atoms with E-state index < -0.39 is 5.82 Å². The summed E-state index contributed by atoms with van der Waals surface area (Å²) in [4.78, 5) is 27.7. The third-order valence-corrected chi connectivity index (χ3v) is 5.78. The van der Waals surface area contributed by atoms with Crippen molar-refractivity contribution in [3.8, 4) is 5.69 Å². The van der Waals surface area contributed by atoms with Crippen molar-refractivity contribution in [2.75, 3.05) is 40.3 Å². The fourth-order valence-corrected chi connectivity index (χ4v) is 4.17. The molecule has 1 aromatic heterocycles. The average Bonchev–Trinajstić information content (AvgIpc) is 3.03. The topological polar surface area (TPSA) is 63.0 Å². The standard InChI is InChI=1S/C22H22FN5O2/c1-26-7-9-27(10-8-26)13-14-3-5-16-18(11-14)24-21-20(25-30-2)17-12-15(23)4-6-19(17)28(21)22(16)29/h3-6,11-12H,7-10,13H2,1-2H3/b25-20+. The first-order valence-corrected chi connectivity index (χ1v) is 9.93. The smallest absolute Gasteiger partial charge is 0.266 e. The lowest BCUT2D eigenvalue weighted by Gasteiger charge is -2.32. The molecule has 0 unspecified atom stereocenters. The number of likely N-dealkylation sites (N-methyl/N-ethyl adjacent to an activating group) is 1. The van der Waals surface area contributed by atoms with Crippen LogP contribution in [0.15, 0.2) is 46.3 Å². The van der Waals surface area contributed by atoms with Crippen molar-refractivity contribution in [2.24, 2.45) is 5.16 Å². The van der Waals surface area contributed by atoms with E-state index in [1.54, 1.807) is 6.07 Å². The third-order valence-electron chi connectivity index (χ3n) is 5.78. The number of nitrogens with zero attached hydrogens (tertiary/aromatic N) is 5. The van der Waals surface area contributed by atoms with E-state index in [4.69, 9.17) is 9.82 Å². The second-order valence-corrected chi connectivity index (χ2v) is 7.79. The first kappa shape index (κ1) is 18.9. The van der Waals surface area contributed by atoms with Crippen LogP contribution < -0.4 is 5.56 Å². The molecule has 2 aromatic carbocycles. The van der Waals surface area contributed by atoms with Crippen LogP contribution in [-0.2, 0) is 11.4 Å². The quantitative estimate of drug-likeness (QED) is 0.486. The maximum Gasteiger partial charge on any atom is 0.266 e. The van der Waals surface area contributed by atoms with Crippen LogP contribution in [-0.4, -0.2) is 65.4 Å². The molecule has 5 rings (SSSR count). The van der Waals surface area contributed by atoms with E-state index in [1.807, 2.05) is 18.2 Å². The Morgan fingerprint density at radius 3 is 2.70 bits per heavy atom. The number of fused-ring (bicyclic) bond motifs is 4. The maximum absolute atomic E-state index is 13.9. The molecular weight excluding hydrogens is 385 g/mol. The molecule has 1 saturated heterocycles. The van der Waals surface area contributed by atoms with Gasteiger partial charge in [0.15, 0.2) is 11.5 Å². The average molecular weight is 407 g/mol. The van der Waals surface area contributed by atoms with Crippen molar-refractivity contribution >= 4 is 16.6 Å². The largest absolute Gasteiger partial charge is 0.399 e. The Morgan fingerprint density at radius 1 is 1.13 bits per heavy atom. The Bertz CT molecular complexity index is 1230. The van der Waals surface area contributed by atoms with Gasteiger partial charge >= 0.3 is 0 Å². The van der Waals surface area contributed by atoms with E-state index in [9.17, 15) is 9.18 Å².